The number of hydrogen-bond acceptors (Lipinski definition) is 2. The number of carbonyl (C=O) groups is 1. The lowest BCUT2D eigenvalue weighted by Crippen LogP contribution is -2.47. The minimum atomic E-state index is -0.127. The van der Waals surface area contributed by atoms with Crippen molar-refractivity contribution in [2.24, 2.45) is 11.3 Å². The molecule has 0 spiro atoms. The molecular weight excluding hydrogens is 212 g/mol. The van der Waals surface area contributed by atoms with Crippen molar-refractivity contribution in [2.45, 2.75) is 46.0 Å². The second-order valence-electron chi connectivity index (χ2n) is 6.01. The molecule has 2 saturated heterocycles. The van der Waals surface area contributed by atoms with Crippen LogP contribution in [0.2, 0.25) is 0 Å². The van der Waals surface area contributed by atoms with Crippen molar-refractivity contribution in [3.05, 3.63) is 0 Å². The molecule has 2 rings (SSSR count). The molecule has 0 aromatic heterocycles. The first kappa shape index (κ1) is 12.9. The number of nitrogens with one attached hydrogen (secondary N) is 1. The zero-order valence-electron chi connectivity index (χ0n) is 11.3. The largest absolute Gasteiger partial charge is 0.342 e. The molecule has 2 heterocycles. The molecule has 0 aliphatic carbocycles. The van der Waals surface area contributed by atoms with Gasteiger partial charge in [-0.05, 0) is 38.6 Å². The van der Waals surface area contributed by atoms with Crippen molar-refractivity contribution in [1.29, 1.82) is 0 Å². The number of amides is 1. The average molecular weight is 238 g/mol. The van der Waals surface area contributed by atoms with Gasteiger partial charge in [-0.1, -0.05) is 19.8 Å². The molecule has 2 aliphatic rings. The molecule has 2 aliphatic heterocycles. The highest BCUT2D eigenvalue weighted by atomic mass is 16.2. The molecule has 0 radical (unpaired) electrons. The van der Waals surface area contributed by atoms with Crippen LogP contribution in [0.5, 0.6) is 0 Å². The highest BCUT2D eigenvalue weighted by Crippen LogP contribution is 2.30. The fraction of sp³-hybridized carbons (Fsp3) is 0.929. The van der Waals surface area contributed by atoms with Crippen LogP contribution in [0.15, 0.2) is 0 Å². The molecule has 2 fully saturated rings. The van der Waals surface area contributed by atoms with Gasteiger partial charge >= 0.3 is 0 Å². The Morgan fingerprint density at radius 1 is 1.41 bits per heavy atom. The van der Waals surface area contributed by atoms with E-state index in [1.807, 2.05) is 0 Å². The van der Waals surface area contributed by atoms with E-state index in [2.05, 4.69) is 24.1 Å². The number of carbonyl (C=O) groups excluding carboxylic acids is 1. The van der Waals surface area contributed by atoms with Crippen molar-refractivity contribution in [2.75, 3.05) is 26.2 Å². The van der Waals surface area contributed by atoms with Crippen molar-refractivity contribution < 1.29 is 4.79 Å². The van der Waals surface area contributed by atoms with Gasteiger partial charge in [0.25, 0.3) is 0 Å². The van der Waals surface area contributed by atoms with Crippen LogP contribution in [0.4, 0.5) is 0 Å². The highest BCUT2D eigenvalue weighted by molar-refractivity contribution is 5.83. The van der Waals surface area contributed by atoms with Gasteiger partial charge in [0, 0.05) is 19.6 Å². The maximum Gasteiger partial charge on any atom is 0.229 e. The lowest BCUT2D eigenvalue weighted by Gasteiger charge is -2.36. The highest BCUT2D eigenvalue weighted by Gasteiger charge is 2.39. The Bertz CT molecular complexity index is 263. The van der Waals surface area contributed by atoms with Crippen molar-refractivity contribution in [1.82, 2.24) is 10.2 Å². The van der Waals surface area contributed by atoms with E-state index < -0.39 is 0 Å². The van der Waals surface area contributed by atoms with Gasteiger partial charge in [0.1, 0.15) is 0 Å². The Labute approximate surface area is 105 Å². The topological polar surface area (TPSA) is 32.3 Å². The Hall–Kier alpha value is -0.570. The third-order valence-corrected chi connectivity index (χ3v) is 4.48. The fourth-order valence-corrected chi connectivity index (χ4v) is 3.21. The normalized spacial score (nSPS) is 30.8. The SMILES string of the molecule is CCCC1CCN(C(=O)C2(C)CCNC2)CC1. The molecule has 0 saturated carbocycles. The number of hydrogen-bond donors (Lipinski definition) is 1. The standard InChI is InChI=1S/C14H26N2O/c1-3-4-12-5-9-16(10-6-12)13(17)14(2)7-8-15-11-14/h12,15H,3-11H2,1-2H3. The molecule has 0 bridgehead atoms. The summed E-state index contributed by atoms with van der Waals surface area (Å²) in [6.07, 6.45) is 6.04. The molecule has 1 N–H and O–H groups in total. The predicted octanol–water partition coefficient (Wildman–Crippen LogP) is 2.02. The second-order valence-corrected chi connectivity index (χ2v) is 6.01. The summed E-state index contributed by atoms with van der Waals surface area (Å²) in [4.78, 5) is 14.6. The first-order valence-electron chi connectivity index (χ1n) is 7.16. The van der Waals surface area contributed by atoms with Crippen LogP contribution in [0.25, 0.3) is 0 Å². The maximum absolute atomic E-state index is 12.5. The van der Waals surface area contributed by atoms with Crippen LogP contribution in [-0.2, 0) is 4.79 Å². The molecular formula is C14H26N2O. The summed E-state index contributed by atoms with van der Waals surface area (Å²) in [5.74, 6) is 1.25. The lowest BCUT2D eigenvalue weighted by atomic mass is 9.86. The lowest BCUT2D eigenvalue weighted by molar-refractivity contribution is -0.141. The van der Waals surface area contributed by atoms with E-state index in [9.17, 15) is 4.79 Å². The van der Waals surface area contributed by atoms with Gasteiger partial charge in [0.05, 0.1) is 5.41 Å². The molecule has 0 aromatic rings. The minimum Gasteiger partial charge on any atom is -0.342 e. The van der Waals surface area contributed by atoms with Crippen LogP contribution in [0.1, 0.15) is 46.0 Å². The van der Waals surface area contributed by atoms with E-state index in [-0.39, 0.29) is 5.41 Å². The molecule has 1 atom stereocenters. The van der Waals surface area contributed by atoms with Gasteiger partial charge in [-0.2, -0.15) is 0 Å². The predicted molar refractivity (Wildman–Crippen MR) is 69.8 cm³/mol. The summed E-state index contributed by atoms with van der Waals surface area (Å²) in [5.41, 5.74) is -0.127. The first-order chi connectivity index (χ1) is 8.15. The van der Waals surface area contributed by atoms with E-state index in [1.165, 1.54) is 25.7 Å². The molecule has 3 heteroatoms. The Morgan fingerprint density at radius 2 is 2.12 bits per heavy atom. The third kappa shape index (κ3) is 2.82. The Morgan fingerprint density at radius 3 is 2.65 bits per heavy atom. The van der Waals surface area contributed by atoms with Crippen LogP contribution >= 0.6 is 0 Å². The second kappa shape index (κ2) is 5.38. The Kier molecular flexibility index (Phi) is 4.08. The number of piperidine rings is 1. The summed E-state index contributed by atoms with van der Waals surface area (Å²) in [6.45, 7) is 8.20. The summed E-state index contributed by atoms with van der Waals surface area (Å²) >= 11 is 0. The fourth-order valence-electron chi connectivity index (χ4n) is 3.21. The van der Waals surface area contributed by atoms with Crippen LogP contribution in [0.3, 0.4) is 0 Å². The molecule has 0 aromatic carbocycles. The first-order valence-corrected chi connectivity index (χ1v) is 7.16. The quantitative estimate of drug-likeness (QED) is 0.816. The van der Waals surface area contributed by atoms with E-state index in [0.717, 1.165) is 38.5 Å². The summed E-state index contributed by atoms with van der Waals surface area (Å²) in [6, 6.07) is 0. The van der Waals surface area contributed by atoms with Crippen LogP contribution < -0.4 is 5.32 Å². The van der Waals surface area contributed by atoms with Gasteiger partial charge in [-0.25, -0.2) is 0 Å². The van der Waals surface area contributed by atoms with E-state index >= 15 is 0 Å². The molecule has 17 heavy (non-hydrogen) atoms. The molecule has 1 amide bonds. The molecule has 1 unspecified atom stereocenters. The van der Waals surface area contributed by atoms with Crippen molar-refractivity contribution in [3.63, 3.8) is 0 Å². The number of nitrogens with zero attached hydrogens (tertiary/aromatic N) is 1. The van der Waals surface area contributed by atoms with E-state index in [1.54, 1.807) is 0 Å². The van der Waals surface area contributed by atoms with Crippen LogP contribution in [-0.4, -0.2) is 37.0 Å². The maximum atomic E-state index is 12.5. The summed E-state index contributed by atoms with van der Waals surface area (Å²) in [7, 11) is 0. The summed E-state index contributed by atoms with van der Waals surface area (Å²) < 4.78 is 0. The number of rotatable bonds is 3. The van der Waals surface area contributed by atoms with Crippen LogP contribution in [0, 0.1) is 11.3 Å². The third-order valence-electron chi connectivity index (χ3n) is 4.48. The van der Waals surface area contributed by atoms with Crippen molar-refractivity contribution in [3.8, 4) is 0 Å². The Balaban J connectivity index is 1.86. The smallest absolute Gasteiger partial charge is 0.229 e. The van der Waals surface area contributed by atoms with Gasteiger partial charge in [0.2, 0.25) is 5.91 Å². The van der Waals surface area contributed by atoms with Crippen molar-refractivity contribution >= 4 is 5.91 Å². The average Bonchev–Trinajstić information content (AvgIpc) is 2.78. The van der Waals surface area contributed by atoms with Gasteiger partial charge in [-0.3, -0.25) is 4.79 Å². The van der Waals surface area contributed by atoms with E-state index in [0.29, 0.717) is 5.91 Å². The van der Waals surface area contributed by atoms with E-state index in [4.69, 9.17) is 0 Å². The molecule has 3 nitrogen and oxygen atoms in total. The summed E-state index contributed by atoms with van der Waals surface area (Å²) in [5, 5.41) is 3.31. The van der Waals surface area contributed by atoms with Gasteiger partial charge in [-0.15, -0.1) is 0 Å². The monoisotopic (exact) mass is 238 g/mol. The number of likely N-dealkylation sites (tertiary alicyclic amines) is 1. The van der Waals surface area contributed by atoms with Gasteiger partial charge < -0.3 is 10.2 Å². The zero-order chi connectivity index (χ0) is 12.3. The minimum absolute atomic E-state index is 0.127. The zero-order valence-corrected chi connectivity index (χ0v) is 11.3. The molecule has 98 valence electrons. The van der Waals surface area contributed by atoms with Gasteiger partial charge in [0.15, 0.2) is 0 Å².